The lowest BCUT2D eigenvalue weighted by molar-refractivity contribution is -0.129. The van der Waals surface area contributed by atoms with Crippen LogP contribution in [0.5, 0.6) is 0 Å². The lowest BCUT2D eigenvalue weighted by atomic mass is 9.76. The van der Waals surface area contributed by atoms with Gasteiger partial charge in [-0.3, -0.25) is 25.2 Å². The van der Waals surface area contributed by atoms with Gasteiger partial charge in [-0.15, -0.1) is 16.4 Å². The second-order valence-electron chi connectivity index (χ2n) is 10.6. The quantitative estimate of drug-likeness (QED) is 0.279. The van der Waals surface area contributed by atoms with E-state index in [4.69, 9.17) is 11.6 Å². The van der Waals surface area contributed by atoms with Crippen LogP contribution in [0.15, 0.2) is 0 Å². The first-order chi connectivity index (χ1) is 15.9. The molecule has 3 aliphatic rings. The zero-order valence-corrected chi connectivity index (χ0v) is 21.8. The molecule has 0 spiro atoms. The Kier molecular flexibility index (Phi) is 9.58. The first-order valence-electron chi connectivity index (χ1n) is 12.2. The molecule has 1 aliphatic heterocycles. The number of halogens is 2. The minimum absolute atomic E-state index is 0.00601. The molecule has 0 bridgehead atoms. The number of carbonyl (C=O) groups is 2. The first-order valence-corrected chi connectivity index (χ1v) is 14.3. The van der Waals surface area contributed by atoms with Crippen LogP contribution in [0.2, 0.25) is 0 Å². The number of nitrogens with zero attached hydrogens (tertiary/aromatic N) is 1. The topological polar surface area (TPSA) is 120 Å². The van der Waals surface area contributed by atoms with Crippen LogP contribution < -0.4 is 20.9 Å². The number of carbonyl (C=O) groups excluding carboxylic acids is 2. The summed E-state index contributed by atoms with van der Waals surface area (Å²) in [4.78, 5) is 28.8. The van der Waals surface area contributed by atoms with Gasteiger partial charge in [0.1, 0.15) is 6.17 Å². The number of rotatable bonds is 8. The third-order valence-electron chi connectivity index (χ3n) is 7.35. The molecule has 5 atom stereocenters. The maximum absolute atomic E-state index is 14.8. The van der Waals surface area contributed by atoms with Gasteiger partial charge in [0.15, 0.2) is 0 Å². The summed E-state index contributed by atoms with van der Waals surface area (Å²) in [5.74, 6) is -1.91. The highest BCUT2D eigenvalue weighted by Crippen LogP contribution is 2.37. The SMILES string of the molecule is CC(C)C(=O)NC1CCC(CS(=O)(=O)NNC(=O)C2CC(C3CN(C)CN3)CC(Cl)C2F)CC1. The Labute approximate surface area is 207 Å². The van der Waals surface area contributed by atoms with E-state index in [1.54, 1.807) is 0 Å². The molecule has 2 amide bonds. The molecule has 5 unspecified atom stereocenters. The van der Waals surface area contributed by atoms with Crippen LogP contribution in [0.25, 0.3) is 0 Å². The van der Waals surface area contributed by atoms with Crippen LogP contribution in [-0.4, -0.2) is 74.8 Å². The van der Waals surface area contributed by atoms with Crippen molar-refractivity contribution < 1.29 is 22.4 Å². The summed E-state index contributed by atoms with van der Waals surface area (Å²) in [5, 5.41) is 5.58. The average molecular weight is 524 g/mol. The van der Waals surface area contributed by atoms with E-state index in [1.807, 2.05) is 20.9 Å². The largest absolute Gasteiger partial charge is 0.353 e. The number of amides is 2. The Hall–Kier alpha value is -1.01. The Morgan fingerprint density at radius 2 is 1.85 bits per heavy atom. The van der Waals surface area contributed by atoms with Gasteiger partial charge in [0.05, 0.1) is 17.0 Å². The van der Waals surface area contributed by atoms with Gasteiger partial charge in [0, 0.05) is 31.2 Å². The van der Waals surface area contributed by atoms with Gasteiger partial charge in [0.25, 0.3) is 0 Å². The van der Waals surface area contributed by atoms with Crippen LogP contribution in [0.4, 0.5) is 4.39 Å². The third-order valence-corrected chi connectivity index (χ3v) is 9.10. The number of hydrogen-bond acceptors (Lipinski definition) is 6. The normalized spacial score (nSPS) is 35.3. The summed E-state index contributed by atoms with van der Waals surface area (Å²) >= 11 is 6.23. The van der Waals surface area contributed by atoms with Crippen molar-refractivity contribution in [1.29, 1.82) is 0 Å². The van der Waals surface area contributed by atoms with Gasteiger partial charge < -0.3 is 5.32 Å². The average Bonchev–Trinajstić information content (AvgIpc) is 3.21. The van der Waals surface area contributed by atoms with Gasteiger partial charge in [0.2, 0.25) is 21.8 Å². The van der Waals surface area contributed by atoms with Crippen molar-refractivity contribution in [3.05, 3.63) is 0 Å². The van der Waals surface area contributed by atoms with Crippen LogP contribution in [0.3, 0.4) is 0 Å². The monoisotopic (exact) mass is 523 g/mol. The van der Waals surface area contributed by atoms with Crippen molar-refractivity contribution in [1.82, 2.24) is 25.8 Å². The lowest BCUT2D eigenvalue weighted by Crippen LogP contribution is -2.52. The van der Waals surface area contributed by atoms with Crippen LogP contribution in [-0.2, 0) is 19.6 Å². The molecule has 3 rings (SSSR count). The van der Waals surface area contributed by atoms with Gasteiger partial charge in [-0.2, -0.15) is 0 Å². The Morgan fingerprint density at radius 1 is 1.18 bits per heavy atom. The zero-order valence-electron chi connectivity index (χ0n) is 20.2. The Morgan fingerprint density at radius 3 is 2.44 bits per heavy atom. The molecule has 0 radical (unpaired) electrons. The molecule has 0 aromatic heterocycles. The van der Waals surface area contributed by atoms with Crippen LogP contribution >= 0.6 is 11.6 Å². The molecule has 3 fully saturated rings. The van der Waals surface area contributed by atoms with Crippen LogP contribution in [0.1, 0.15) is 52.4 Å². The first kappa shape index (κ1) is 27.6. The molecule has 196 valence electrons. The highest BCUT2D eigenvalue weighted by Gasteiger charge is 2.44. The number of alkyl halides is 2. The summed E-state index contributed by atoms with van der Waals surface area (Å²) in [7, 11) is -1.79. The second kappa shape index (κ2) is 11.8. The summed E-state index contributed by atoms with van der Waals surface area (Å²) in [6.45, 7) is 5.21. The van der Waals surface area contributed by atoms with Crippen molar-refractivity contribution in [2.45, 2.75) is 76.0 Å². The lowest BCUT2D eigenvalue weighted by Gasteiger charge is -2.37. The molecule has 1 heterocycles. The molecule has 4 N–H and O–H groups in total. The van der Waals surface area contributed by atoms with E-state index in [-0.39, 0.29) is 41.5 Å². The predicted molar refractivity (Wildman–Crippen MR) is 129 cm³/mol. The summed E-state index contributed by atoms with van der Waals surface area (Å²) in [5.41, 5.74) is 2.24. The van der Waals surface area contributed by atoms with Crippen LogP contribution in [0, 0.1) is 23.7 Å². The van der Waals surface area contributed by atoms with E-state index in [1.165, 1.54) is 0 Å². The van der Waals surface area contributed by atoms with E-state index in [0.717, 1.165) is 26.1 Å². The van der Waals surface area contributed by atoms with E-state index < -0.39 is 33.4 Å². The Bertz CT molecular complexity index is 824. The zero-order chi connectivity index (χ0) is 25.0. The minimum atomic E-state index is -3.78. The van der Waals surface area contributed by atoms with Gasteiger partial charge in [-0.1, -0.05) is 13.8 Å². The molecular weight excluding hydrogens is 485 g/mol. The van der Waals surface area contributed by atoms with E-state index in [2.05, 4.69) is 25.8 Å². The Balaban J connectivity index is 1.46. The maximum atomic E-state index is 14.8. The maximum Gasteiger partial charge on any atom is 0.241 e. The summed E-state index contributed by atoms with van der Waals surface area (Å²) in [6, 6.07) is 0.200. The third kappa shape index (κ3) is 7.49. The number of nitrogens with one attached hydrogen (secondary N) is 4. The highest BCUT2D eigenvalue weighted by atomic mass is 35.5. The fourth-order valence-corrected chi connectivity index (χ4v) is 6.97. The van der Waals surface area contributed by atoms with E-state index >= 15 is 0 Å². The van der Waals surface area contributed by atoms with Crippen molar-refractivity contribution in [2.24, 2.45) is 23.7 Å². The fourth-order valence-electron chi connectivity index (χ4n) is 5.27. The van der Waals surface area contributed by atoms with Crippen molar-refractivity contribution in [3.8, 4) is 0 Å². The minimum Gasteiger partial charge on any atom is -0.353 e. The fraction of sp³-hybridized carbons (Fsp3) is 0.909. The van der Waals surface area contributed by atoms with Crippen molar-refractivity contribution in [3.63, 3.8) is 0 Å². The molecule has 0 aromatic carbocycles. The van der Waals surface area contributed by atoms with Gasteiger partial charge >= 0.3 is 0 Å². The van der Waals surface area contributed by atoms with Crippen molar-refractivity contribution in [2.75, 3.05) is 26.0 Å². The molecule has 2 aliphatic carbocycles. The molecule has 12 heteroatoms. The van der Waals surface area contributed by atoms with E-state index in [9.17, 15) is 22.4 Å². The molecule has 0 aromatic rings. The molecule has 1 saturated heterocycles. The molecular formula is C22H39ClFN5O4S. The highest BCUT2D eigenvalue weighted by molar-refractivity contribution is 7.89. The standard InChI is InChI=1S/C22H39ClFN5O4S/c1-13(2)21(30)26-16-6-4-14(5-7-16)11-34(32,33)28-27-22(31)17-8-15(9-18(23)20(17)24)19-10-29(3)12-25-19/h13-20,25,28H,4-12H2,1-3H3,(H,26,30)(H,27,31). The number of hydrogen-bond donors (Lipinski definition) is 4. The van der Waals surface area contributed by atoms with Gasteiger partial charge in [-0.25, -0.2) is 12.8 Å². The van der Waals surface area contributed by atoms with Crippen molar-refractivity contribution >= 4 is 33.4 Å². The predicted octanol–water partition coefficient (Wildman–Crippen LogP) is 1.10. The number of hydrazine groups is 1. The number of sulfonamides is 1. The van der Waals surface area contributed by atoms with E-state index in [0.29, 0.717) is 25.7 Å². The summed E-state index contributed by atoms with van der Waals surface area (Å²) in [6.07, 6.45) is 2.05. The molecule has 2 saturated carbocycles. The molecule has 9 nitrogen and oxygen atoms in total. The summed E-state index contributed by atoms with van der Waals surface area (Å²) < 4.78 is 39.9. The smallest absolute Gasteiger partial charge is 0.241 e. The second-order valence-corrected chi connectivity index (χ2v) is 12.9. The molecule has 34 heavy (non-hydrogen) atoms. The number of likely N-dealkylation sites (N-methyl/N-ethyl adjacent to an activating group) is 1. The van der Waals surface area contributed by atoms with Gasteiger partial charge in [-0.05, 0) is 57.4 Å².